The number of halogens is 3. The zero-order chi connectivity index (χ0) is 15.6. The Balaban J connectivity index is 1.88. The summed E-state index contributed by atoms with van der Waals surface area (Å²) in [6.07, 6.45) is -7.21. The summed E-state index contributed by atoms with van der Waals surface area (Å²) in [5.74, 6) is -0.887. The second-order valence-electron chi connectivity index (χ2n) is 4.92. The third kappa shape index (κ3) is 3.60. The van der Waals surface area contributed by atoms with Crippen LogP contribution in [0.4, 0.5) is 13.2 Å². The summed E-state index contributed by atoms with van der Waals surface area (Å²) in [5.41, 5.74) is 0.608. The number of hydrogen-bond donors (Lipinski definition) is 1. The lowest BCUT2D eigenvalue weighted by molar-refractivity contribution is -0.154. The summed E-state index contributed by atoms with van der Waals surface area (Å²) >= 11 is 0. The average Bonchev–Trinajstić information content (AvgIpc) is 2.62. The molecular weight excluding hydrogens is 287 g/mol. The molecule has 0 aromatic heterocycles. The molecule has 0 saturated carbocycles. The van der Waals surface area contributed by atoms with E-state index in [-0.39, 0.29) is 19.4 Å². The maximum absolute atomic E-state index is 12.1. The first-order chi connectivity index (χ1) is 9.79. The first kappa shape index (κ1) is 15.5. The van der Waals surface area contributed by atoms with E-state index in [0.29, 0.717) is 11.1 Å². The predicted molar refractivity (Wildman–Crippen MR) is 67.7 cm³/mol. The Kier molecular flexibility index (Phi) is 4.32. The Morgan fingerprint density at radius 1 is 1.10 bits per heavy atom. The highest BCUT2D eigenvalue weighted by Gasteiger charge is 2.35. The van der Waals surface area contributed by atoms with Crippen molar-refractivity contribution in [1.29, 1.82) is 0 Å². The highest BCUT2D eigenvalue weighted by molar-refractivity contribution is 6.21. The van der Waals surface area contributed by atoms with Crippen molar-refractivity contribution in [3.05, 3.63) is 35.4 Å². The van der Waals surface area contributed by atoms with E-state index in [1.165, 1.54) is 12.1 Å². The van der Waals surface area contributed by atoms with Gasteiger partial charge in [-0.3, -0.25) is 14.5 Å². The van der Waals surface area contributed by atoms with Gasteiger partial charge in [-0.15, -0.1) is 0 Å². The SMILES string of the molecule is O=C1c2ccccc2C(=O)N1CCCC(O)CC(F)(F)F. The van der Waals surface area contributed by atoms with Crippen molar-refractivity contribution in [2.24, 2.45) is 0 Å². The van der Waals surface area contributed by atoms with Crippen LogP contribution in [-0.2, 0) is 0 Å². The molecule has 0 saturated heterocycles. The minimum Gasteiger partial charge on any atom is -0.393 e. The van der Waals surface area contributed by atoms with Crippen LogP contribution in [0, 0.1) is 0 Å². The molecule has 1 atom stereocenters. The number of hydrogen-bond acceptors (Lipinski definition) is 3. The monoisotopic (exact) mass is 301 g/mol. The van der Waals surface area contributed by atoms with Gasteiger partial charge in [0.25, 0.3) is 11.8 Å². The van der Waals surface area contributed by atoms with Crippen molar-refractivity contribution in [1.82, 2.24) is 4.90 Å². The molecule has 1 N–H and O–H groups in total. The Labute approximate surface area is 119 Å². The standard InChI is InChI=1S/C14H14F3NO3/c15-14(16,17)8-9(19)4-3-7-18-12(20)10-5-1-2-6-11(10)13(18)21/h1-2,5-6,9,19H,3-4,7-8H2. The normalized spacial score (nSPS) is 16.3. The molecular formula is C14H14F3NO3. The predicted octanol–water partition coefficient (Wildman–Crippen LogP) is 2.38. The fourth-order valence-electron chi connectivity index (χ4n) is 2.30. The highest BCUT2D eigenvalue weighted by atomic mass is 19.4. The molecule has 0 bridgehead atoms. The zero-order valence-corrected chi connectivity index (χ0v) is 11.1. The van der Waals surface area contributed by atoms with Gasteiger partial charge >= 0.3 is 6.18 Å². The number of benzene rings is 1. The van der Waals surface area contributed by atoms with Gasteiger partial charge in [0.15, 0.2) is 0 Å². The van der Waals surface area contributed by atoms with Crippen molar-refractivity contribution in [3.63, 3.8) is 0 Å². The molecule has 1 unspecified atom stereocenters. The number of carbonyl (C=O) groups is 2. The molecule has 21 heavy (non-hydrogen) atoms. The number of carbonyl (C=O) groups excluding carboxylic acids is 2. The number of fused-ring (bicyclic) bond motifs is 1. The largest absolute Gasteiger partial charge is 0.393 e. The number of nitrogens with zero attached hydrogens (tertiary/aromatic N) is 1. The molecule has 114 valence electrons. The van der Waals surface area contributed by atoms with Gasteiger partial charge in [0.2, 0.25) is 0 Å². The molecule has 2 rings (SSSR count). The van der Waals surface area contributed by atoms with Gasteiger partial charge in [-0.25, -0.2) is 0 Å². The van der Waals surface area contributed by atoms with Crippen molar-refractivity contribution < 1.29 is 27.9 Å². The van der Waals surface area contributed by atoms with Crippen LogP contribution in [0.5, 0.6) is 0 Å². The van der Waals surface area contributed by atoms with E-state index < -0.39 is 30.5 Å². The van der Waals surface area contributed by atoms with E-state index in [2.05, 4.69) is 0 Å². The lowest BCUT2D eigenvalue weighted by Gasteiger charge is -2.16. The number of imide groups is 1. The molecule has 2 amide bonds. The van der Waals surface area contributed by atoms with E-state index in [1.807, 2.05) is 0 Å². The first-order valence-electron chi connectivity index (χ1n) is 6.49. The molecule has 1 aliphatic heterocycles. The van der Waals surface area contributed by atoms with E-state index in [9.17, 15) is 27.9 Å². The summed E-state index contributed by atoms with van der Waals surface area (Å²) in [6, 6.07) is 6.35. The summed E-state index contributed by atoms with van der Waals surface area (Å²) in [5, 5.41) is 9.26. The van der Waals surface area contributed by atoms with Crippen LogP contribution >= 0.6 is 0 Å². The van der Waals surface area contributed by atoms with Crippen molar-refractivity contribution in [2.45, 2.75) is 31.5 Å². The van der Waals surface area contributed by atoms with Crippen LogP contribution in [0.3, 0.4) is 0 Å². The number of aliphatic hydroxyl groups excluding tert-OH is 1. The van der Waals surface area contributed by atoms with Crippen LogP contribution < -0.4 is 0 Å². The molecule has 1 aliphatic rings. The van der Waals surface area contributed by atoms with Gasteiger partial charge in [-0.1, -0.05) is 12.1 Å². The molecule has 0 radical (unpaired) electrons. The van der Waals surface area contributed by atoms with Crippen LogP contribution in [-0.4, -0.2) is 40.6 Å². The van der Waals surface area contributed by atoms with E-state index in [1.54, 1.807) is 12.1 Å². The average molecular weight is 301 g/mol. The van der Waals surface area contributed by atoms with Crippen molar-refractivity contribution in [2.75, 3.05) is 6.54 Å². The maximum atomic E-state index is 12.1. The fraction of sp³-hybridized carbons (Fsp3) is 0.429. The number of amides is 2. The molecule has 0 aliphatic carbocycles. The van der Waals surface area contributed by atoms with Gasteiger partial charge in [-0.05, 0) is 25.0 Å². The molecule has 0 spiro atoms. The summed E-state index contributed by atoms with van der Waals surface area (Å²) in [7, 11) is 0. The molecule has 1 aromatic carbocycles. The van der Waals surface area contributed by atoms with Crippen molar-refractivity contribution >= 4 is 11.8 Å². The second-order valence-corrected chi connectivity index (χ2v) is 4.92. The topological polar surface area (TPSA) is 57.6 Å². The van der Waals surface area contributed by atoms with Gasteiger partial charge in [-0.2, -0.15) is 13.2 Å². The summed E-state index contributed by atoms with van der Waals surface area (Å²) in [4.78, 5) is 25.0. The van der Waals surface area contributed by atoms with E-state index in [4.69, 9.17) is 0 Å². The number of alkyl halides is 3. The quantitative estimate of drug-likeness (QED) is 0.850. The molecule has 7 heteroatoms. The molecule has 0 fully saturated rings. The summed E-state index contributed by atoms with van der Waals surface area (Å²) < 4.78 is 36.2. The lowest BCUT2D eigenvalue weighted by atomic mass is 10.1. The van der Waals surface area contributed by atoms with Gasteiger partial charge in [0.1, 0.15) is 0 Å². The fourth-order valence-corrected chi connectivity index (χ4v) is 2.30. The van der Waals surface area contributed by atoms with Crippen molar-refractivity contribution in [3.8, 4) is 0 Å². The van der Waals surface area contributed by atoms with Crippen LogP contribution in [0.25, 0.3) is 0 Å². The third-order valence-corrected chi connectivity index (χ3v) is 3.26. The minimum atomic E-state index is -4.42. The van der Waals surface area contributed by atoms with Gasteiger partial charge in [0.05, 0.1) is 23.7 Å². The van der Waals surface area contributed by atoms with Gasteiger partial charge < -0.3 is 5.11 Å². The lowest BCUT2D eigenvalue weighted by Crippen LogP contribution is -2.31. The Morgan fingerprint density at radius 3 is 2.10 bits per heavy atom. The van der Waals surface area contributed by atoms with Crippen LogP contribution in [0.15, 0.2) is 24.3 Å². The number of rotatable bonds is 5. The smallest absolute Gasteiger partial charge is 0.391 e. The van der Waals surface area contributed by atoms with Gasteiger partial charge in [0, 0.05) is 6.54 Å². The minimum absolute atomic E-state index is 0.00125. The zero-order valence-electron chi connectivity index (χ0n) is 11.1. The van der Waals surface area contributed by atoms with E-state index in [0.717, 1.165) is 4.90 Å². The summed E-state index contributed by atoms with van der Waals surface area (Å²) in [6.45, 7) is 0.00125. The maximum Gasteiger partial charge on any atom is 0.391 e. The van der Waals surface area contributed by atoms with Crippen LogP contribution in [0.2, 0.25) is 0 Å². The van der Waals surface area contributed by atoms with E-state index >= 15 is 0 Å². The first-order valence-corrected chi connectivity index (χ1v) is 6.49. The Bertz CT molecular complexity index is 522. The Morgan fingerprint density at radius 2 is 1.62 bits per heavy atom. The Hall–Kier alpha value is -1.89. The second kappa shape index (κ2) is 5.85. The highest BCUT2D eigenvalue weighted by Crippen LogP contribution is 2.25. The molecule has 1 aromatic rings. The molecule has 4 nitrogen and oxygen atoms in total. The molecule has 1 heterocycles. The third-order valence-electron chi connectivity index (χ3n) is 3.26. The number of aliphatic hydroxyl groups is 1. The van der Waals surface area contributed by atoms with Crippen LogP contribution in [0.1, 0.15) is 40.0 Å².